The van der Waals surface area contributed by atoms with E-state index < -0.39 is 11.9 Å². The van der Waals surface area contributed by atoms with Crippen LogP contribution < -0.4 is 0 Å². The van der Waals surface area contributed by atoms with E-state index >= 15 is 0 Å². The maximum Gasteiger partial charge on any atom is 0.308 e. The Labute approximate surface area is 160 Å². The fourth-order valence-corrected chi connectivity index (χ4v) is 3.60. The predicted octanol–water partition coefficient (Wildman–Crippen LogP) is 3.07. The van der Waals surface area contributed by atoms with E-state index in [4.69, 9.17) is 23.2 Å². The normalized spacial score (nSPS) is 17.3. The SMILES string of the molecule is CCc1nc(C(=O)N2CCCC(C(=O)O)C2)nn1-c1c(Cl)cccc1Cl. The van der Waals surface area contributed by atoms with Gasteiger partial charge in [-0.15, -0.1) is 5.10 Å². The molecule has 0 radical (unpaired) electrons. The first-order chi connectivity index (χ1) is 12.4. The Kier molecular flexibility index (Phi) is 5.48. The van der Waals surface area contributed by atoms with Gasteiger partial charge in [0.25, 0.3) is 5.91 Å². The van der Waals surface area contributed by atoms with E-state index in [1.807, 2.05) is 6.92 Å². The maximum absolute atomic E-state index is 12.8. The number of benzene rings is 1. The molecule has 0 spiro atoms. The number of amides is 1. The van der Waals surface area contributed by atoms with Crippen LogP contribution in [-0.4, -0.2) is 49.7 Å². The standard InChI is InChI=1S/C17H18Cl2N4O3/c1-2-13-20-15(16(24)22-8-4-5-10(9-22)17(25)26)21-23(13)14-11(18)6-3-7-12(14)19/h3,6-7,10H,2,4-5,8-9H2,1H3,(H,25,26). The van der Waals surface area contributed by atoms with Crippen LogP contribution in [0.15, 0.2) is 18.2 Å². The third kappa shape index (κ3) is 3.54. The molecule has 1 amide bonds. The van der Waals surface area contributed by atoms with E-state index in [0.717, 1.165) is 0 Å². The number of carbonyl (C=O) groups excluding carboxylic acids is 1. The maximum atomic E-state index is 12.8. The van der Waals surface area contributed by atoms with Gasteiger partial charge in [-0.25, -0.2) is 9.67 Å². The van der Waals surface area contributed by atoms with E-state index in [1.54, 1.807) is 18.2 Å². The molecule has 7 nitrogen and oxygen atoms in total. The molecule has 1 aromatic carbocycles. The van der Waals surface area contributed by atoms with Crippen molar-refractivity contribution >= 4 is 35.1 Å². The Morgan fingerprint density at radius 3 is 2.62 bits per heavy atom. The predicted molar refractivity (Wildman–Crippen MR) is 97.0 cm³/mol. The zero-order chi connectivity index (χ0) is 18.8. The molecule has 2 aromatic rings. The van der Waals surface area contributed by atoms with Gasteiger partial charge in [0.15, 0.2) is 0 Å². The number of carboxylic acid groups (broad SMARTS) is 1. The van der Waals surface area contributed by atoms with Crippen molar-refractivity contribution in [1.29, 1.82) is 0 Å². The Morgan fingerprint density at radius 2 is 2.00 bits per heavy atom. The summed E-state index contributed by atoms with van der Waals surface area (Å²) in [5.74, 6) is -1.26. The summed E-state index contributed by atoms with van der Waals surface area (Å²) in [5.41, 5.74) is 0.473. The van der Waals surface area contributed by atoms with Crippen LogP contribution in [0.5, 0.6) is 0 Å². The van der Waals surface area contributed by atoms with Gasteiger partial charge in [-0.1, -0.05) is 36.2 Å². The smallest absolute Gasteiger partial charge is 0.308 e. The van der Waals surface area contributed by atoms with Crippen molar-refractivity contribution in [1.82, 2.24) is 19.7 Å². The van der Waals surface area contributed by atoms with E-state index in [1.165, 1.54) is 9.58 Å². The van der Waals surface area contributed by atoms with Gasteiger partial charge in [-0.05, 0) is 25.0 Å². The Hall–Kier alpha value is -2.12. The monoisotopic (exact) mass is 396 g/mol. The number of likely N-dealkylation sites (tertiary alicyclic amines) is 1. The number of hydrogen-bond acceptors (Lipinski definition) is 4. The summed E-state index contributed by atoms with van der Waals surface area (Å²) >= 11 is 12.5. The molecule has 1 N–H and O–H groups in total. The second-order valence-corrected chi connectivity index (χ2v) is 6.93. The summed E-state index contributed by atoms with van der Waals surface area (Å²) < 4.78 is 1.48. The number of rotatable bonds is 4. The zero-order valence-corrected chi connectivity index (χ0v) is 15.7. The van der Waals surface area contributed by atoms with Crippen LogP contribution in [-0.2, 0) is 11.2 Å². The summed E-state index contributed by atoms with van der Waals surface area (Å²) in [6, 6.07) is 5.10. The molecule has 3 rings (SSSR count). The van der Waals surface area contributed by atoms with Gasteiger partial charge in [0.05, 0.1) is 16.0 Å². The molecule has 138 valence electrons. The van der Waals surface area contributed by atoms with Crippen molar-refractivity contribution in [3.8, 4) is 5.69 Å². The van der Waals surface area contributed by atoms with Crippen molar-refractivity contribution in [2.45, 2.75) is 26.2 Å². The lowest BCUT2D eigenvalue weighted by Crippen LogP contribution is -2.42. The average Bonchev–Trinajstić information content (AvgIpc) is 3.05. The van der Waals surface area contributed by atoms with Crippen LogP contribution in [0.4, 0.5) is 0 Å². The fourth-order valence-electron chi connectivity index (χ4n) is 3.04. The first-order valence-corrected chi connectivity index (χ1v) is 9.10. The number of para-hydroxylation sites is 1. The largest absolute Gasteiger partial charge is 0.481 e. The van der Waals surface area contributed by atoms with Crippen LogP contribution in [0.3, 0.4) is 0 Å². The highest BCUT2D eigenvalue weighted by Gasteiger charge is 2.31. The number of hydrogen-bond donors (Lipinski definition) is 1. The molecule has 2 heterocycles. The Balaban J connectivity index is 1.94. The third-order valence-electron chi connectivity index (χ3n) is 4.39. The van der Waals surface area contributed by atoms with Crippen LogP contribution in [0.2, 0.25) is 10.0 Å². The molecule has 1 unspecified atom stereocenters. The lowest BCUT2D eigenvalue weighted by atomic mass is 9.98. The summed E-state index contributed by atoms with van der Waals surface area (Å²) in [4.78, 5) is 29.8. The van der Waals surface area contributed by atoms with Crippen LogP contribution in [0.25, 0.3) is 5.69 Å². The quantitative estimate of drug-likeness (QED) is 0.857. The minimum Gasteiger partial charge on any atom is -0.481 e. The number of piperidine rings is 1. The highest BCUT2D eigenvalue weighted by Crippen LogP contribution is 2.29. The van der Waals surface area contributed by atoms with Crippen molar-refractivity contribution in [3.05, 3.63) is 39.9 Å². The van der Waals surface area contributed by atoms with Gasteiger partial charge in [-0.3, -0.25) is 9.59 Å². The van der Waals surface area contributed by atoms with Gasteiger partial charge in [0.2, 0.25) is 5.82 Å². The van der Waals surface area contributed by atoms with Crippen molar-refractivity contribution in [2.75, 3.05) is 13.1 Å². The molecular formula is C17H18Cl2N4O3. The minimum absolute atomic E-state index is 0.0175. The molecular weight excluding hydrogens is 379 g/mol. The van der Waals surface area contributed by atoms with Gasteiger partial charge in [0.1, 0.15) is 11.5 Å². The summed E-state index contributed by atoms with van der Waals surface area (Å²) in [6.07, 6.45) is 1.73. The highest BCUT2D eigenvalue weighted by atomic mass is 35.5. The topological polar surface area (TPSA) is 88.3 Å². The molecule has 1 saturated heterocycles. The molecule has 26 heavy (non-hydrogen) atoms. The molecule has 0 bridgehead atoms. The molecule has 1 aliphatic heterocycles. The van der Waals surface area contributed by atoms with Gasteiger partial charge < -0.3 is 10.0 Å². The molecule has 9 heteroatoms. The van der Waals surface area contributed by atoms with Gasteiger partial charge in [-0.2, -0.15) is 0 Å². The van der Waals surface area contributed by atoms with Crippen LogP contribution >= 0.6 is 23.2 Å². The van der Waals surface area contributed by atoms with Crippen molar-refractivity contribution < 1.29 is 14.7 Å². The molecule has 1 aliphatic rings. The average molecular weight is 397 g/mol. The fraction of sp³-hybridized carbons (Fsp3) is 0.412. The highest BCUT2D eigenvalue weighted by molar-refractivity contribution is 6.37. The number of carboxylic acids is 1. The Bertz CT molecular complexity index is 832. The van der Waals surface area contributed by atoms with E-state index in [9.17, 15) is 14.7 Å². The molecule has 1 fully saturated rings. The number of aliphatic carboxylic acids is 1. The van der Waals surface area contributed by atoms with Crippen LogP contribution in [0.1, 0.15) is 36.2 Å². The molecule has 1 atom stereocenters. The summed E-state index contributed by atoms with van der Waals surface area (Å²) in [6.45, 7) is 2.54. The number of nitrogens with zero attached hydrogens (tertiary/aromatic N) is 4. The number of aromatic nitrogens is 3. The van der Waals surface area contributed by atoms with E-state index in [0.29, 0.717) is 47.4 Å². The van der Waals surface area contributed by atoms with Crippen molar-refractivity contribution in [3.63, 3.8) is 0 Å². The van der Waals surface area contributed by atoms with Gasteiger partial charge >= 0.3 is 5.97 Å². The van der Waals surface area contributed by atoms with E-state index in [2.05, 4.69) is 10.1 Å². The van der Waals surface area contributed by atoms with Gasteiger partial charge in [0, 0.05) is 19.5 Å². The summed E-state index contributed by atoms with van der Waals surface area (Å²) in [5, 5.41) is 14.3. The molecule has 1 aromatic heterocycles. The van der Waals surface area contributed by atoms with E-state index in [-0.39, 0.29) is 18.3 Å². The number of aryl methyl sites for hydroxylation is 1. The zero-order valence-electron chi connectivity index (χ0n) is 14.2. The molecule has 0 saturated carbocycles. The second kappa shape index (κ2) is 7.63. The second-order valence-electron chi connectivity index (χ2n) is 6.12. The number of carbonyl (C=O) groups is 2. The minimum atomic E-state index is -0.891. The third-order valence-corrected chi connectivity index (χ3v) is 5.00. The van der Waals surface area contributed by atoms with Crippen molar-refractivity contribution in [2.24, 2.45) is 5.92 Å². The Morgan fingerprint density at radius 1 is 1.31 bits per heavy atom. The first kappa shape index (κ1) is 18.7. The lowest BCUT2D eigenvalue weighted by Gasteiger charge is -2.29. The first-order valence-electron chi connectivity index (χ1n) is 8.34. The molecule has 0 aliphatic carbocycles. The summed E-state index contributed by atoms with van der Waals surface area (Å²) in [7, 11) is 0. The van der Waals surface area contributed by atoms with Crippen LogP contribution in [0, 0.1) is 5.92 Å². The lowest BCUT2D eigenvalue weighted by molar-refractivity contribution is -0.143. The number of halogens is 2.